The summed E-state index contributed by atoms with van der Waals surface area (Å²) in [5.74, 6) is 0.709. The zero-order valence-electron chi connectivity index (χ0n) is 31.4. The van der Waals surface area contributed by atoms with Crippen molar-refractivity contribution in [1.29, 1.82) is 0 Å². The average Bonchev–Trinajstić information content (AvgIpc) is 3.79. The van der Waals surface area contributed by atoms with E-state index in [1.54, 1.807) is 0 Å². The summed E-state index contributed by atoms with van der Waals surface area (Å²) in [6.07, 6.45) is 0. The minimum absolute atomic E-state index is 0.242. The van der Waals surface area contributed by atoms with Crippen LogP contribution in [0.25, 0.3) is 87.5 Å². The molecule has 8 aromatic carbocycles. The van der Waals surface area contributed by atoms with Gasteiger partial charge in [0.1, 0.15) is 0 Å². The zero-order chi connectivity index (χ0) is 37.9. The molecule has 0 spiro atoms. The van der Waals surface area contributed by atoms with Crippen molar-refractivity contribution in [2.45, 2.75) is 12.3 Å². The first kappa shape index (κ1) is 33.4. The molecule has 1 atom stereocenters. The van der Waals surface area contributed by atoms with Gasteiger partial charge in [0.25, 0.3) is 0 Å². The van der Waals surface area contributed by atoms with Crippen molar-refractivity contribution in [3.05, 3.63) is 217 Å². The highest BCUT2D eigenvalue weighted by Crippen LogP contribution is 2.53. The van der Waals surface area contributed by atoms with E-state index in [4.69, 9.17) is 9.97 Å². The van der Waals surface area contributed by atoms with Gasteiger partial charge < -0.3 is 0 Å². The molecular weight excluding hydrogens is 709 g/mol. The first-order valence-electron chi connectivity index (χ1n) is 19.5. The van der Waals surface area contributed by atoms with Gasteiger partial charge in [-0.3, -0.25) is 0 Å². The summed E-state index contributed by atoms with van der Waals surface area (Å²) in [4.78, 5) is 10.4. The topological polar surface area (TPSA) is 25.8 Å². The van der Waals surface area contributed by atoms with Crippen LogP contribution in [0.5, 0.6) is 0 Å². The molecule has 0 bridgehead atoms. The summed E-state index contributed by atoms with van der Waals surface area (Å²) < 4.78 is 2.60. The fourth-order valence-corrected chi connectivity index (χ4v) is 10.0. The highest BCUT2D eigenvalue weighted by molar-refractivity contribution is 7.25. The largest absolute Gasteiger partial charge is 0.228 e. The summed E-state index contributed by atoms with van der Waals surface area (Å²) in [6, 6.07) is 72.2. The van der Waals surface area contributed by atoms with Crippen LogP contribution in [0.2, 0.25) is 0 Å². The van der Waals surface area contributed by atoms with Gasteiger partial charge in [-0.05, 0) is 81.3 Å². The summed E-state index contributed by atoms with van der Waals surface area (Å²) in [7, 11) is 0. The lowest BCUT2D eigenvalue weighted by atomic mass is 9.74. The van der Waals surface area contributed by atoms with Gasteiger partial charge in [-0.25, -0.2) is 9.97 Å². The normalized spacial score (nSPS) is 14.5. The van der Waals surface area contributed by atoms with Gasteiger partial charge in [0.05, 0.1) is 11.4 Å². The Morgan fingerprint density at radius 2 is 0.965 bits per heavy atom. The fraction of sp³-hybridized carbons (Fsp3) is 0.0370. The summed E-state index contributed by atoms with van der Waals surface area (Å²) in [5, 5.41) is 2.61. The van der Waals surface area contributed by atoms with Crippen LogP contribution < -0.4 is 0 Å². The summed E-state index contributed by atoms with van der Waals surface area (Å²) in [5.41, 5.74) is 16.0. The molecule has 268 valence electrons. The number of benzene rings is 8. The van der Waals surface area contributed by atoms with Crippen LogP contribution >= 0.6 is 11.3 Å². The van der Waals surface area contributed by atoms with Crippen LogP contribution in [0.1, 0.15) is 23.6 Å². The van der Waals surface area contributed by atoms with Crippen molar-refractivity contribution in [3.63, 3.8) is 0 Å². The van der Waals surface area contributed by atoms with E-state index >= 15 is 0 Å². The molecular formula is C54H36N2S. The molecule has 1 unspecified atom stereocenters. The minimum atomic E-state index is -0.242. The molecule has 11 rings (SSSR count). The first-order chi connectivity index (χ1) is 28.1. The number of thiophene rings is 1. The third-order valence-corrected chi connectivity index (χ3v) is 13.0. The van der Waals surface area contributed by atoms with Crippen molar-refractivity contribution in [2.24, 2.45) is 0 Å². The van der Waals surface area contributed by atoms with Gasteiger partial charge in [0, 0.05) is 42.3 Å². The molecule has 1 aliphatic carbocycles. The number of hydrogen-bond acceptors (Lipinski definition) is 3. The standard InChI is InChI=1S/C54H36N2S/c1-54(40-16-6-3-7-17-40)47-22-12-10-19-42(47)43-30-28-38(32-48(43)54)35-24-26-36(27-25-35)49-34-50(56-53(55-49)37-14-4-2-5-15-37)44-20-9-8-18-41(44)39-29-31-46-45-21-11-13-23-51(45)57-52(46)33-39/h2-34H,1H3. The molecule has 0 fully saturated rings. The third kappa shape index (κ3) is 5.54. The van der Waals surface area contributed by atoms with Crippen LogP contribution in [0.15, 0.2) is 200 Å². The monoisotopic (exact) mass is 744 g/mol. The molecule has 0 N–H and O–H groups in total. The van der Waals surface area contributed by atoms with E-state index in [1.807, 2.05) is 29.5 Å². The molecule has 2 aromatic heterocycles. The van der Waals surface area contributed by atoms with E-state index < -0.39 is 0 Å². The van der Waals surface area contributed by atoms with Gasteiger partial charge in [-0.2, -0.15) is 0 Å². The average molecular weight is 745 g/mol. The summed E-state index contributed by atoms with van der Waals surface area (Å²) >= 11 is 1.85. The van der Waals surface area contributed by atoms with E-state index in [9.17, 15) is 0 Å². The predicted molar refractivity (Wildman–Crippen MR) is 240 cm³/mol. The minimum Gasteiger partial charge on any atom is -0.228 e. The number of aromatic nitrogens is 2. The van der Waals surface area contributed by atoms with E-state index in [-0.39, 0.29) is 5.41 Å². The Hall–Kier alpha value is -6.94. The molecule has 0 amide bonds. The first-order valence-corrected chi connectivity index (χ1v) is 20.3. The number of hydrogen-bond donors (Lipinski definition) is 0. The van der Waals surface area contributed by atoms with Gasteiger partial charge in [0.2, 0.25) is 0 Å². The zero-order valence-corrected chi connectivity index (χ0v) is 32.2. The SMILES string of the molecule is CC1(c2ccccc2)c2ccccc2-c2ccc(-c3ccc(-c4cc(-c5ccccc5-c5ccc6c(c5)sc5ccccc56)nc(-c5ccccc5)n4)cc3)cc21. The molecule has 1 aliphatic rings. The van der Waals surface area contributed by atoms with E-state index in [1.165, 1.54) is 64.7 Å². The van der Waals surface area contributed by atoms with E-state index in [0.717, 1.165) is 33.6 Å². The summed E-state index contributed by atoms with van der Waals surface area (Å²) in [6.45, 7) is 2.37. The Labute approximate surface area is 336 Å². The molecule has 3 heteroatoms. The molecule has 57 heavy (non-hydrogen) atoms. The van der Waals surface area contributed by atoms with Crippen LogP contribution in [0.3, 0.4) is 0 Å². The Balaban J connectivity index is 0.998. The predicted octanol–water partition coefficient (Wildman–Crippen LogP) is 14.5. The van der Waals surface area contributed by atoms with Crippen molar-refractivity contribution < 1.29 is 0 Å². The number of fused-ring (bicyclic) bond motifs is 6. The molecule has 2 heterocycles. The lowest BCUT2D eigenvalue weighted by molar-refractivity contribution is 0.714. The Kier molecular flexibility index (Phi) is 7.84. The molecule has 2 nitrogen and oxygen atoms in total. The van der Waals surface area contributed by atoms with Gasteiger partial charge in [-0.1, -0.05) is 176 Å². The van der Waals surface area contributed by atoms with Crippen LogP contribution in [0.4, 0.5) is 0 Å². The highest BCUT2D eigenvalue weighted by Gasteiger charge is 2.40. The van der Waals surface area contributed by atoms with Crippen molar-refractivity contribution in [2.75, 3.05) is 0 Å². The fourth-order valence-electron chi connectivity index (χ4n) is 8.89. The second-order valence-corrected chi connectivity index (χ2v) is 16.1. The van der Waals surface area contributed by atoms with Gasteiger partial charge in [-0.15, -0.1) is 11.3 Å². The Morgan fingerprint density at radius 1 is 0.368 bits per heavy atom. The van der Waals surface area contributed by atoms with Crippen molar-refractivity contribution in [3.8, 4) is 67.3 Å². The number of nitrogens with zero attached hydrogens (tertiary/aromatic N) is 2. The maximum Gasteiger partial charge on any atom is 0.160 e. The highest BCUT2D eigenvalue weighted by atomic mass is 32.1. The van der Waals surface area contributed by atoms with Crippen LogP contribution in [0, 0.1) is 0 Å². The Morgan fingerprint density at radius 3 is 1.79 bits per heavy atom. The molecule has 0 radical (unpaired) electrons. The maximum absolute atomic E-state index is 5.23. The van der Waals surface area contributed by atoms with Crippen LogP contribution in [-0.4, -0.2) is 9.97 Å². The number of rotatable bonds is 6. The van der Waals surface area contributed by atoms with E-state index in [2.05, 4.69) is 189 Å². The van der Waals surface area contributed by atoms with Gasteiger partial charge >= 0.3 is 0 Å². The molecule has 10 aromatic rings. The molecule has 0 saturated heterocycles. The molecule has 0 aliphatic heterocycles. The lowest BCUT2D eigenvalue weighted by Gasteiger charge is -2.28. The smallest absolute Gasteiger partial charge is 0.160 e. The molecule has 0 saturated carbocycles. The van der Waals surface area contributed by atoms with Crippen molar-refractivity contribution in [1.82, 2.24) is 9.97 Å². The maximum atomic E-state index is 5.23. The van der Waals surface area contributed by atoms with E-state index in [0.29, 0.717) is 5.82 Å². The van der Waals surface area contributed by atoms with Crippen molar-refractivity contribution >= 4 is 31.5 Å². The Bertz CT molecular complexity index is 3130. The quantitative estimate of drug-likeness (QED) is 0.169. The van der Waals surface area contributed by atoms with Gasteiger partial charge in [0.15, 0.2) is 5.82 Å². The lowest BCUT2D eigenvalue weighted by Crippen LogP contribution is -2.22. The van der Waals surface area contributed by atoms with Crippen LogP contribution in [-0.2, 0) is 5.41 Å². The third-order valence-electron chi connectivity index (χ3n) is 11.8. The second kappa shape index (κ2) is 13.4. The second-order valence-electron chi connectivity index (χ2n) is 15.1.